The topological polar surface area (TPSA) is 56.8 Å². The highest BCUT2D eigenvalue weighted by atomic mass is 15.1. The van der Waals surface area contributed by atoms with Gasteiger partial charge in [-0.3, -0.25) is 0 Å². The third-order valence-corrected chi connectivity index (χ3v) is 5.32. The predicted molar refractivity (Wildman–Crippen MR) is 102 cm³/mol. The molecule has 2 unspecified atom stereocenters. The SMILES string of the molecule is CCc1c[nH]c2ncnc(NCC3CN(C)CC3c3ccccc3)c12. The number of fused-ring (bicyclic) bond motifs is 1. The molecule has 0 bridgehead atoms. The fourth-order valence-corrected chi connectivity index (χ4v) is 4.04. The Morgan fingerprint density at radius 3 is 2.84 bits per heavy atom. The summed E-state index contributed by atoms with van der Waals surface area (Å²) in [5.74, 6) is 2.08. The molecule has 3 heterocycles. The maximum Gasteiger partial charge on any atom is 0.143 e. The zero-order valence-electron chi connectivity index (χ0n) is 14.9. The van der Waals surface area contributed by atoms with Gasteiger partial charge in [-0.1, -0.05) is 37.3 Å². The quantitative estimate of drug-likeness (QED) is 0.751. The van der Waals surface area contributed by atoms with Crippen molar-refractivity contribution in [3.8, 4) is 0 Å². The third-order valence-electron chi connectivity index (χ3n) is 5.32. The fourth-order valence-electron chi connectivity index (χ4n) is 4.04. The molecule has 2 atom stereocenters. The van der Waals surface area contributed by atoms with Gasteiger partial charge in [-0.2, -0.15) is 0 Å². The van der Waals surface area contributed by atoms with Crippen LogP contribution in [0, 0.1) is 5.92 Å². The first-order valence-corrected chi connectivity index (χ1v) is 9.04. The van der Waals surface area contributed by atoms with Gasteiger partial charge in [0, 0.05) is 31.7 Å². The van der Waals surface area contributed by atoms with E-state index in [0.29, 0.717) is 11.8 Å². The van der Waals surface area contributed by atoms with Crippen LogP contribution in [-0.2, 0) is 6.42 Å². The first kappa shape index (κ1) is 16.1. The number of nitrogens with one attached hydrogen (secondary N) is 2. The molecule has 0 radical (unpaired) electrons. The lowest BCUT2D eigenvalue weighted by molar-refractivity contribution is 0.398. The average molecular weight is 335 g/mol. The number of likely N-dealkylation sites (tertiary alicyclic amines) is 1. The summed E-state index contributed by atoms with van der Waals surface area (Å²) < 4.78 is 0. The molecule has 5 nitrogen and oxygen atoms in total. The molecule has 1 aliphatic rings. The molecule has 130 valence electrons. The molecule has 1 fully saturated rings. The van der Waals surface area contributed by atoms with Crippen LogP contribution in [0.3, 0.4) is 0 Å². The number of anilines is 1. The summed E-state index contributed by atoms with van der Waals surface area (Å²) in [5, 5.41) is 4.74. The van der Waals surface area contributed by atoms with Crippen LogP contribution in [-0.4, -0.2) is 46.5 Å². The molecule has 2 aromatic heterocycles. The largest absolute Gasteiger partial charge is 0.369 e. The molecule has 2 N–H and O–H groups in total. The number of hydrogen-bond acceptors (Lipinski definition) is 4. The van der Waals surface area contributed by atoms with Crippen molar-refractivity contribution in [2.24, 2.45) is 5.92 Å². The van der Waals surface area contributed by atoms with Gasteiger partial charge in [-0.15, -0.1) is 0 Å². The summed E-state index contributed by atoms with van der Waals surface area (Å²) in [6, 6.07) is 10.9. The minimum absolute atomic E-state index is 0.563. The van der Waals surface area contributed by atoms with Gasteiger partial charge in [0.2, 0.25) is 0 Å². The Morgan fingerprint density at radius 1 is 1.20 bits per heavy atom. The maximum atomic E-state index is 4.51. The van der Waals surface area contributed by atoms with Crippen molar-refractivity contribution in [2.45, 2.75) is 19.3 Å². The van der Waals surface area contributed by atoms with Crippen molar-refractivity contribution in [3.05, 3.63) is 54.0 Å². The monoisotopic (exact) mass is 335 g/mol. The zero-order valence-corrected chi connectivity index (χ0v) is 14.9. The number of aryl methyl sites for hydroxylation is 1. The van der Waals surface area contributed by atoms with Crippen molar-refractivity contribution in [1.82, 2.24) is 19.9 Å². The predicted octanol–water partition coefficient (Wildman–Crippen LogP) is 3.28. The molecule has 1 aliphatic heterocycles. The van der Waals surface area contributed by atoms with E-state index >= 15 is 0 Å². The maximum absolute atomic E-state index is 4.51. The summed E-state index contributed by atoms with van der Waals surface area (Å²) in [6.45, 7) is 5.30. The number of aromatic amines is 1. The number of H-pyrrole nitrogens is 1. The number of likely N-dealkylation sites (N-methyl/N-ethyl adjacent to an activating group) is 1. The third kappa shape index (κ3) is 3.12. The van der Waals surface area contributed by atoms with Crippen LogP contribution in [0.4, 0.5) is 5.82 Å². The molecule has 3 aromatic rings. The number of benzene rings is 1. The van der Waals surface area contributed by atoms with Crippen LogP contribution in [0.5, 0.6) is 0 Å². The van der Waals surface area contributed by atoms with Gasteiger partial charge >= 0.3 is 0 Å². The summed E-state index contributed by atoms with van der Waals surface area (Å²) in [5.41, 5.74) is 3.61. The lowest BCUT2D eigenvalue weighted by Gasteiger charge is -2.20. The molecule has 0 saturated carbocycles. The summed E-state index contributed by atoms with van der Waals surface area (Å²) >= 11 is 0. The van der Waals surface area contributed by atoms with Gasteiger partial charge in [0.05, 0.1) is 5.39 Å². The van der Waals surface area contributed by atoms with E-state index < -0.39 is 0 Å². The molecule has 4 rings (SSSR count). The highest BCUT2D eigenvalue weighted by Gasteiger charge is 2.31. The van der Waals surface area contributed by atoms with Gasteiger partial charge < -0.3 is 15.2 Å². The summed E-state index contributed by atoms with van der Waals surface area (Å²) in [7, 11) is 2.21. The Labute approximate surface area is 148 Å². The van der Waals surface area contributed by atoms with Crippen LogP contribution in [0.1, 0.15) is 24.0 Å². The molecular formula is C20H25N5. The van der Waals surface area contributed by atoms with Gasteiger partial charge in [0.1, 0.15) is 17.8 Å². The van der Waals surface area contributed by atoms with Crippen LogP contribution in [0.15, 0.2) is 42.9 Å². The van der Waals surface area contributed by atoms with Crippen molar-refractivity contribution in [3.63, 3.8) is 0 Å². The Hall–Kier alpha value is -2.40. The van der Waals surface area contributed by atoms with E-state index in [1.165, 1.54) is 11.1 Å². The summed E-state index contributed by atoms with van der Waals surface area (Å²) in [4.78, 5) is 14.5. The van der Waals surface area contributed by atoms with E-state index in [-0.39, 0.29) is 0 Å². The van der Waals surface area contributed by atoms with Crippen LogP contribution in [0.2, 0.25) is 0 Å². The number of rotatable bonds is 5. The highest BCUT2D eigenvalue weighted by molar-refractivity contribution is 5.90. The second kappa shape index (κ2) is 6.84. The molecule has 0 spiro atoms. The van der Waals surface area contributed by atoms with Gasteiger partial charge in [0.15, 0.2) is 0 Å². The minimum atomic E-state index is 0.563. The Balaban J connectivity index is 1.55. The van der Waals surface area contributed by atoms with Crippen LogP contribution in [0.25, 0.3) is 11.0 Å². The number of aromatic nitrogens is 3. The molecule has 0 amide bonds. The minimum Gasteiger partial charge on any atom is -0.369 e. The molecule has 1 aromatic carbocycles. The van der Waals surface area contributed by atoms with Crippen molar-refractivity contribution < 1.29 is 0 Å². The Kier molecular flexibility index (Phi) is 4.40. The van der Waals surface area contributed by atoms with E-state index in [4.69, 9.17) is 0 Å². The van der Waals surface area contributed by atoms with E-state index in [1.54, 1.807) is 6.33 Å². The molecule has 5 heteroatoms. The van der Waals surface area contributed by atoms with Gasteiger partial charge in [-0.05, 0) is 30.5 Å². The number of nitrogens with zero attached hydrogens (tertiary/aromatic N) is 3. The normalized spacial score (nSPS) is 21.0. The Bertz CT molecular complexity index is 842. The van der Waals surface area contributed by atoms with E-state index in [9.17, 15) is 0 Å². The number of hydrogen-bond donors (Lipinski definition) is 2. The lowest BCUT2D eigenvalue weighted by atomic mass is 9.89. The first-order chi connectivity index (χ1) is 12.3. The standard InChI is InChI=1S/C20H25N5/c1-3-14-9-21-19-18(14)20(24-13-23-19)22-10-16-11-25(2)12-17(16)15-7-5-4-6-8-15/h4-9,13,16-17H,3,10-12H2,1-2H3,(H2,21,22,23,24). The molecule has 0 aliphatic carbocycles. The smallest absolute Gasteiger partial charge is 0.143 e. The van der Waals surface area contributed by atoms with E-state index in [2.05, 4.69) is 69.5 Å². The molecule has 25 heavy (non-hydrogen) atoms. The van der Waals surface area contributed by atoms with Gasteiger partial charge in [0.25, 0.3) is 0 Å². The van der Waals surface area contributed by atoms with Crippen molar-refractivity contribution >= 4 is 16.9 Å². The van der Waals surface area contributed by atoms with Crippen LogP contribution < -0.4 is 5.32 Å². The first-order valence-electron chi connectivity index (χ1n) is 9.04. The highest BCUT2D eigenvalue weighted by Crippen LogP contribution is 2.32. The lowest BCUT2D eigenvalue weighted by Crippen LogP contribution is -2.22. The van der Waals surface area contributed by atoms with E-state index in [1.807, 2.05) is 6.20 Å². The van der Waals surface area contributed by atoms with Crippen molar-refractivity contribution in [2.75, 3.05) is 32.0 Å². The fraction of sp³-hybridized carbons (Fsp3) is 0.400. The average Bonchev–Trinajstić information content (AvgIpc) is 3.24. The zero-order chi connectivity index (χ0) is 17.2. The summed E-state index contributed by atoms with van der Waals surface area (Å²) in [6.07, 6.45) is 4.65. The Morgan fingerprint density at radius 2 is 2.04 bits per heavy atom. The molecular weight excluding hydrogens is 310 g/mol. The second-order valence-electron chi connectivity index (χ2n) is 6.99. The molecule has 1 saturated heterocycles. The van der Waals surface area contributed by atoms with Crippen LogP contribution >= 0.6 is 0 Å². The van der Waals surface area contributed by atoms with Gasteiger partial charge in [-0.25, -0.2) is 9.97 Å². The van der Waals surface area contributed by atoms with Crippen molar-refractivity contribution in [1.29, 1.82) is 0 Å². The second-order valence-corrected chi connectivity index (χ2v) is 6.99. The van der Waals surface area contributed by atoms with E-state index in [0.717, 1.165) is 42.9 Å².